The summed E-state index contributed by atoms with van der Waals surface area (Å²) in [5, 5.41) is 5.78. The van der Waals surface area contributed by atoms with E-state index in [0.29, 0.717) is 23.9 Å². The molecule has 0 bridgehead atoms. The van der Waals surface area contributed by atoms with E-state index in [1.54, 1.807) is 18.0 Å². The lowest BCUT2D eigenvalue weighted by Gasteiger charge is -2.12. The van der Waals surface area contributed by atoms with Gasteiger partial charge < -0.3 is 14.9 Å². The van der Waals surface area contributed by atoms with Crippen LogP contribution in [0.2, 0.25) is 5.02 Å². The molecule has 5 nitrogen and oxygen atoms in total. The van der Waals surface area contributed by atoms with Crippen LogP contribution in [0.25, 0.3) is 11.0 Å². The van der Waals surface area contributed by atoms with Gasteiger partial charge in [-0.15, -0.1) is 0 Å². The van der Waals surface area contributed by atoms with Crippen LogP contribution in [0.15, 0.2) is 40.9 Å². The van der Waals surface area contributed by atoms with Gasteiger partial charge in [0.1, 0.15) is 17.4 Å². The average Bonchev–Trinajstić information content (AvgIpc) is 3.08. The molecule has 110 valence electrons. The molecule has 2 N–H and O–H groups in total. The number of rotatable bonds is 5. The summed E-state index contributed by atoms with van der Waals surface area (Å²) >= 11 is 6.22. The smallest absolute Gasteiger partial charge is 0.134 e. The lowest BCUT2D eigenvalue weighted by Crippen LogP contribution is -2.19. The molecule has 0 aliphatic carbocycles. The highest BCUT2D eigenvalue weighted by Crippen LogP contribution is 2.30. The van der Waals surface area contributed by atoms with Gasteiger partial charge in [-0.3, -0.25) is 4.68 Å². The fourth-order valence-corrected chi connectivity index (χ4v) is 2.59. The molecule has 2 aromatic heterocycles. The van der Waals surface area contributed by atoms with Crippen molar-refractivity contribution in [3.8, 4) is 0 Å². The van der Waals surface area contributed by atoms with Crippen LogP contribution in [0, 0.1) is 0 Å². The fourth-order valence-electron chi connectivity index (χ4n) is 2.33. The van der Waals surface area contributed by atoms with Crippen molar-refractivity contribution in [2.45, 2.75) is 12.6 Å². The van der Waals surface area contributed by atoms with E-state index in [1.807, 2.05) is 30.3 Å². The molecule has 0 aliphatic heterocycles. The quantitative estimate of drug-likeness (QED) is 0.787. The molecular formula is C15H16ClN3O2. The number of ether oxygens (including phenoxy) is 1. The summed E-state index contributed by atoms with van der Waals surface area (Å²) in [5.41, 5.74) is 7.85. The van der Waals surface area contributed by atoms with Crippen molar-refractivity contribution in [1.29, 1.82) is 0 Å². The summed E-state index contributed by atoms with van der Waals surface area (Å²) in [5.74, 6) is 0.664. The summed E-state index contributed by atoms with van der Waals surface area (Å²) in [6.07, 6.45) is 1.59. The molecule has 3 aromatic rings. The molecular weight excluding hydrogens is 290 g/mol. The first kappa shape index (κ1) is 14.1. The summed E-state index contributed by atoms with van der Waals surface area (Å²) < 4.78 is 12.6. The number of halogens is 1. The molecule has 6 heteroatoms. The Labute approximate surface area is 127 Å². The van der Waals surface area contributed by atoms with Gasteiger partial charge in [-0.05, 0) is 12.1 Å². The van der Waals surface area contributed by atoms with Gasteiger partial charge in [0.25, 0.3) is 0 Å². The van der Waals surface area contributed by atoms with Crippen molar-refractivity contribution >= 4 is 22.6 Å². The van der Waals surface area contributed by atoms with Gasteiger partial charge in [0.2, 0.25) is 0 Å². The number of fused-ring (bicyclic) bond motifs is 1. The van der Waals surface area contributed by atoms with Gasteiger partial charge in [-0.25, -0.2) is 0 Å². The fraction of sp³-hybridized carbons (Fsp3) is 0.267. The Kier molecular flexibility index (Phi) is 3.96. The number of benzene rings is 1. The molecule has 1 aromatic carbocycles. The van der Waals surface area contributed by atoms with Gasteiger partial charge in [0.05, 0.1) is 30.1 Å². The molecule has 0 amide bonds. The van der Waals surface area contributed by atoms with Crippen LogP contribution in [-0.2, 0) is 11.3 Å². The third kappa shape index (κ3) is 2.68. The Balaban J connectivity index is 1.97. The highest BCUT2D eigenvalue weighted by atomic mass is 35.5. The van der Waals surface area contributed by atoms with Gasteiger partial charge in [-0.1, -0.05) is 29.8 Å². The second-order valence-corrected chi connectivity index (χ2v) is 5.17. The molecule has 1 unspecified atom stereocenters. The number of hydrogen-bond donors (Lipinski definition) is 1. The van der Waals surface area contributed by atoms with E-state index in [4.69, 9.17) is 26.5 Å². The lowest BCUT2D eigenvalue weighted by atomic mass is 10.1. The second kappa shape index (κ2) is 5.89. The first-order valence-corrected chi connectivity index (χ1v) is 7.02. The molecule has 3 rings (SSSR count). The predicted octanol–water partition coefficient (Wildman–Crippen LogP) is 2.98. The lowest BCUT2D eigenvalue weighted by molar-refractivity contribution is 0.182. The van der Waals surface area contributed by atoms with Gasteiger partial charge in [0, 0.05) is 12.5 Å². The minimum atomic E-state index is -0.468. The number of hydrogen-bond acceptors (Lipinski definition) is 4. The van der Waals surface area contributed by atoms with Crippen LogP contribution in [-0.4, -0.2) is 23.5 Å². The van der Waals surface area contributed by atoms with Crippen molar-refractivity contribution in [2.75, 3.05) is 13.7 Å². The van der Waals surface area contributed by atoms with Crippen molar-refractivity contribution < 1.29 is 9.15 Å². The highest BCUT2D eigenvalue weighted by molar-refractivity contribution is 6.31. The molecule has 0 fully saturated rings. The first-order valence-electron chi connectivity index (χ1n) is 6.65. The van der Waals surface area contributed by atoms with Crippen molar-refractivity contribution in [3.63, 3.8) is 0 Å². The maximum absolute atomic E-state index is 6.32. The van der Waals surface area contributed by atoms with E-state index in [-0.39, 0.29) is 0 Å². The van der Waals surface area contributed by atoms with Crippen LogP contribution in [0.1, 0.15) is 17.5 Å². The summed E-state index contributed by atoms with van der Waals surface area (Å²) in [7, 11) is 1.64. The maximum atomic E-state index is 6.32. The Hall–Kier alpha value is -1.82. The minimum absolute atomic E-state index is 0.468. The summed E-state index contributed by atoms with van der Waals surface area (Å²) in [6, 6.07) is 9.25. The number of para-hydroxylation sites is 1. The maximum Gasteiger partial charge on any atom is 0.134 e. The van der Waals surface area contributed by atoms with E-state index in [0.717, 1.165) is 16.7 Å². The minimum Gasteiger partial charge on any atom is -0.459 e. The van der Waals surface area contributed by atoms with Gasteiger partial charge in [-0.2, -0.15) is 5.10 Å². The van der Waals surface area contributed by atoms with E-state index < -0.39 is 6.04 Å². The van der Waals surface area contributed by atoms with E-state index >= 15 is 0 Å². The van der Waals surface area contributed by atoms with Gasteiger partial charge >= 0.3 is 0 Å². The topological polar surface area (TPSA) is 66.2 Å². The number of methoxy groups -OCH3 is 1. The van der Waals surface area contributed by atoms with Crippen LogP contribution in [0.4, 0.5) is 0 Å². The monoisotopic (exact) mass is 305 g/mol. The van der Waals surface area contributed by atoms with Crippen molar-refractivity contribution in [2.24, 2.45) is 5.73 Å². The normalized spacial score (nSPS) is 12.9. The van der Waals surface area contributed by atoms with Crippen LogP contribution in [0.5, 0.6) is 0 Å². The second-order valence-electron chi connectivity index (χ2n) is 4.76. The van der Waals surface area contributed by atoms with Gasteiger partial charge in [0.15, 0.2) is 0 Å². The standard InChI is InChI=1S/C15H16ClN3O2/c1-20-7-6-19-15(11(16)9-18-19)14(17)13-8-10-4-2-3-5-12(10)21-13/h2-5,8-9,14H,6-7,17H2,1H3. The first-order chi connectivity index (χ1) is 10.2. The van der Waals surface area contributed by atoms with Crippen LogP contribution < -0.4 is 5.73 Å². The zero-order valence-electron chi connectivity index (χ0n) is 11.6. The predicted molar refractivity (Wildman–Crippen MR) is 81.4 cm³/mol. The average molecular weight is 306 g/mol. The molecule has 0 saturated heterocycles. The largest absolute Gasteiger partial charge is 0.459 e. The molecule has 0 radical (unpaired) electrons. The van der Waals surface area contributed by atoms with E-state index in [9.17, 15) is 0 Å². The Bertz CT molecular complexity index is 717. The number of aromatic nitrogens is 2. The SMILES string of the molecule is COCCn1ncc(Cl)c1C(N)c1cc2ccccc2o1. The number of nitrogens with two attached hydrogens (primary N) is 1. The molecule has 21 heavy (non-hydrogen) atoms. The number of nitrogens with zero attached hydrogens (tertiary/aromatic N) is 2. The zero-order valence-corrected chi connectivity index (χ0v) is 12.4. The Morgan fingerprint density at radius 3 is 3.00 bits per heavy atom. The highest BCUT2D eigenvalue weighted by Gasteiger charge is 2.21. The molecule has 1 atom stereocenters. The summed E-state index contributed by atoms with van der Waals surface area (Å²) in [4.78, 5) is 0. The zero-order chi connectivity index (χ0) is 14.8. The Morgan fingerprint density at radius 2 is 2.24 bits per heavy atom. The van der Waals surface area contributed by atoms with E-state index in [2.05, 4.69) is 5.10 Å². The molecule has 0 aliphatic rings. The van der Waals surface area contributed by atoms with Crippen molar-refractivity contribution in [1.82, 2.24) is 9.78 Å². The molecule has 2 heterocycles. The van der Waals surface area contributed by atoms with Crippen LogP contribution in [0.3, 0.4) is 0 Å². The van der Waals surface area contributed by atoms with E-state index in [1.165, 1.54) is 0 Å². The summed E-state index contributed by atoms with van der Waals surface area (Å²) in [6.45, 7) is 1.13. The molecule has 0 spiro atoms. The Morgan fingerprint density at radius 1 is 1.43 bits per heavy atom. The number of furan rings is 1. The van der Waals surface area contributed by atoms with Crippen LogP contribution >= 0.6 is 11.6 Å². The van der Waals surface area contributed by atoms with Crippen molar-refractivity contribution in [3.05, 3.63) is 53.0 Å². The third-order valence-corrected chi connectivity index (χ3v) is 3.68. The third-order valence-electron chi connectivity index (χ3n) is 3.39. The molecule has 0 saturated carbocycles.